The second-order valence-corrected chi connectivity index (χ2v) is 9.88. The molecule has 12 nitrogen and oxygen atoms in total. The van der Waals surface area contributed by atoms with E-state index in [0.29, 0.717) is 28.4 Å². The van der Waals surface area contributed by atoms with Gasteiger partial charge in [0.25, 0.3) is 68.3 Å². The molecular formula is C27H30N6O6. The average Bonchev–Trinajstić information content (AvgIpc) is 2.91. The van der Waals surface area contributed by atoms with Gasteiger partial charge in [0, 0.05) is 62.3 Å². The van der Waals surface area contributed by atoms with Crippen LogP contribution in [0.15, 0.2) is 18.2 Å². The van der Waals surface area contributed by atoms with Crippen LogP contribution in [0.2, 0.25) is 0 Å². The number of hydrogen-bond donors (Lipinski definition) is 0. The molecule has 3 heterocycles. The van der Waals surface area contributed by atoms with Crippen LogP contribution < -0.4 is 28.4 Å². The Morgan fingerprint density at radius 2 is 0.487 bits per heavy atom. The Kier molecular flexibility index (Phi) is 6.46. The van der Waals surface area contributed by atoms with Crippen LogP contribution in [0.4, 0.5) is 0 Å². The molecule has 4 rings (SSSR count). The first-order chi connectivity index (χ1) is 18.1. The van der Waals surface area contributed by atoms with Gasteiger partial charge in [-0.05, 0) is 18.2 Å². The molecule has 0 atom stereocenters. The summed E-state index contributed by atoms with van der Waals surface area (Å²) >= 11 is 0. The van der Waals surface area contributed by atoms with E-state index in [9.17, 15) is 31.2 Å². The Hall–Kier alpha value is -4.74. The van der Waals surface area contributed by atoms with Crippen molar-refractivity contribution in [1.82, 2.24) is 0 Å². The number of hydrogen-bond acceptors (Lipinski definition) is 6. The lowest BCUT2D eigenvalue weighted by atomic mass is 9.96. The van der Waals surface area contributed by atoms with E-state index in [1.54, 1.807) is 0 Å². The van der Waals surface area contributed by atoms with E-state index >= 15 is 0 Å². The molecule has 0 saturated carbocycles. The summed E-state index contributed by atoms with van der Waals surface area (Å²) in [6.45, 7) is 13.6. The fraction of sp³-hybridized carbons (Fsp3) is 0.333. The summed E-state index contributed by atoms with van der Waals surface area (Å²) in [5.74, 6) is 0. The van der Waals surface area contributed by atoms with E-state index in [0.717, 1.165) is 0 Å². The van der Waals surface area contributed by atoms with E-state index in [4.69, 9.17) is 0 Å². The number of nitrogens with zero attached hydrogens (tertiary/aromatic N) is 6. The van der Waals surface area contributed by atoms with Gasteiger partial charge in [-0.25, -0.2) is 0 Å². The van der Waals surface area contributed by atoms with Gasteiger partial charge in [0.05, 0.1) is 16.7 Å². The molecule has 1 aromatic carbocycles. The third-order valence-electron chi connectivity index (χ3n) is 7.70. The number of aromatic nitrogens is 6. The van der Waals surface area contributed by atoms with Crippen LogP contribution in [0.25, 0.3) is 33.8 Å². The summed E-state index contributed by atoms with van der Waals surface area (Å²) in [5.41, 5.74) is 2.25. The smallest absolute Gasteiger partial charge is 0.292 e. The molecule has 204 valence electrons. The van der Waals surface area contributed by atoms with Gasteiger partial charge in [0.15, 0.2) is 0 Å². The summed E-state index contributed by atoms with van der Waals surface area (Å²) < 4.78 is 3.81. The number of rotatable bonds is 3. The Morgan fingerprint density at radius 3 is 0.692 bits per heavy atom. The highest BCUT2D eigenvalue weighted by Gasteiger charge is 2.34. The van der Waals surface area contributed by atoms with Crippen LogP contribution >= 0.6 is 0 Å². The summed E-state index contributed by atoms with van der Waals surface area (Å²) in [4.78, 5) is 0. The molecule has 0 aliphatic carbocycles. The molecule has 0 fully saturated rings. The SMILES string of the molecule is Cc1c(C)[n+]([O-])c(-c2cc(-c3c(C)[n+]([O-])c(C)c(C)[n+]3[O-])cc(-c3c(C)[n+]([O-])c(C)c(C)[n+]3[O-])c2)c(C)[n+]1[O-]. The first-order valence-electron chi connectivity index (χ1n) is 12.3. The summed E-state index contributed by atoms with van der Waals surface area (Å²) in [6, 6.07) is 4.58. The first kappa shape index (κ1) is 27.3. The Balaban J connectivity index is 2.22. The molecule has 4 aromatic rings. The van der Waals surface area contributed by atoms with E-state index < -0.39 is 0 Å². The molecule has 0 unspecified atom stereocenters. The predicted molar refractivity (Wildman–Crippen MR) is 139 cm³/mol. The first-order valence-corrected chi connectivity index (χ1v) is 12.3. The fourth-order valence-electron chi connectivity index (χ4n) is 4.89. The molecule has 0 bridgehead atoms. The van der Waals surface area contributed by atoms with Crippen molar-refractivity contribution < 1.29 is 28.4 Å². The minimum Gasteiger partial charge on any atom is -0.618 e. The lowest BCUT2D eigenvalue weighted by Gasteiger charge is -2.17. The molecule has 0 amide bonds. The van der Waals surface area contributed by atoms with Gasteiger partial charge < -0.3 is 31.2 Å². The minimum atomic E-state index is 0.0130. The van der Waals surface area contributed by atoms with E-state index in [1.165, 1.54) is 80.5 Å². The van der Waals surface area contributed by atoms with Crippen molar-refractivity contribution >= 4 is 0 Å². The monoisotopic (exact) mass is 534 g/mol. The normalized spacial score (nSPS) is 11.3. The zero-order valence-corrected chi connectivity index (χ0v) is 23.4. The van der Waals surface area contributed by atoms with Gasteiger partial charge in [0.2, 0.25) is 0 Å². The number of benzene rings is 1. The third-order valence-corrected chi connectivity index (χ3v) is 7.70. The highest BCUT2D eigenvalue weighted by molar-refractivity contribution is 5.77. The van der Waals surface area contributed by atoms with Crippen LogP contribution in [-0.4, -0.2) is 0 Å². The van der Waals surface area contributed by atoms with E-state index in [-0.39, 0.29) is 85.0 Å². The second kappa shape index (κ2) is 9.22. The van der Waals surface area contributed by atoms with Gasteiger partial charge in [-0.3, -0.25) is 0 Å². The minimum absolute atomic E-state index is 0.0130. The highest BCUT2D eigenvalue weighted by atomic mass is 16.5. The topological polar surface area (TPSA) is 162 Å². The van der Waals surface area contributed by atoms with Crippen molar-refractivity contribution in [3.05, 3.63) is 101 Å². The van der Waals surface area contributed by atoms with Crippen molar-refractivity contribution in [1.29, 1.82) is 0 Å². The largest absolute Gasteiger partial charge is 0.618 e. The molecule has 0 aliphatic heterocycles. The van der Waals surface area contributed by atoms with Gasteiger partial charge >= 0.3 is 0 Å². The Labute approximate surface area is 225 Å². The van der Waals surface area contributed by atoms with Gasteiger partial charge in [0.1, 0.15) is 0 Å². The van der Waals surface area contributed by atoms with E-state index in [1.807, 2.05) is 0 Å². The predicted octanol–water partition coefficient (Wildman–Crippen LogP) is 1.26. The van der Waals surface area contributed by atoms with Crippen LogP contribution in [0.5, 0.6) is 0 Å². The molecular weight excluding hydrogens is 504 g/mol. The van der Waals surface area contributed by atoms with Crippen LogP contribution in [0.3, 0.4) is 0 Å². The second-order valence-electron chi connectivity index (χ2n) is 9.88. The summed E-state index contributed by atoms with van der Waals surface area (Å²) in [6.07, 6.45) is 0. The van der Waals surface area contributed by atoms with Gasteiger partial charge in [-0.1, -0.05) is 0 Å². The zero-order chi connectivity index (χ0) is 29.2. The van der Waals surface area contributed by atoms with Crippen molar-refractivity contribution in [2.75, 3.05) is 0 Å². The summed E-state index contributed by atoms with van der Waals surface area (Å²) in [5, 5.41) is 78.7. The molecule has 0 radical (unpaired) electrons. The molecule has 0 N–H and O–H groups in total. The average molecular weight is 535 g/mol. The standard InChI is InChI=1S/C27H30N6O6/c1-13-16(4)31(37)25(19(7)28(13)34)22-10-23(26-20(8)29(35)14(2)17(5)32(26)38)12-24(11-22)27-21(9)30(36)15(3)18(6)33(27)39/h10-12H,1-9H3. The third kappa shape index (κ3) is 3.90. The maximum absolute atomic E-state index is 13.4. The van der Waals surface area contributed by atoms with Crippen molar-refractivity contribution in [2.45, 2.75) is 62.3 Å². The molecule has 0 saturated heterocycles. The maximum Gasteiger partial charge on any atom is 0.292 e. The van der Waals surface area contributed by atoms with Crippen LogP contribution in [0, 0.1) is 93.6 Å². The van der Waals surface area contributed by atoms with Crippen LogP contribution in [0.1, 0.15) is 51.2 Å². The zero-order valence-electron chi connectivity index (χ0n) is 23.4. The van der Waals surface area contributed by atoms with Gasteiger partial charge in [-0.2, -0.15) is 28.4 Å². The highest BCUT2D eigenvalue weighted by Crippen LogP contribution is 2.32. The molecule has 0 spiro atoms. The fourth-order valence-corrected chi connectivity index (χ4v) is 4.89. The lowest BCUT2D eigenvalue weighted by molar-refractivity contribution is -0.671. The van der Waals surface area contributed by atoms with Crippen molar-refractivity contribution in [3.8, 4) is 33.8 Å². The molecule has 0 aliphatic rings. The van der Waals surface area contributed by atoms with Crippen molar-refractivity contribution in [2.24, 2.45) is 0 Å². The quantitative estimate of drug-likeness (QED) is 0.284. The molecule has 12 heteroatoms. The molecule has 3 aromatic heterocycles. The van der Waals surface area contributed by atoms with Crippen LogP contribution in [-0.2, 0) is 0 Å². The maximum atomic E-state index is 13.4. The lowest BCUT2D eigenvalue weighted by Crippen LogP contribution is -2.47. The van der Waals surface area contributed by atoms with Crippen molar-refractivity contribution in [3.63, 3.8) is 0 Å². The summed E-state index contributed by atoms with van der Waals surface area (Å²) in [7, 11) is 0. The Morgan fingerprint density at radius 1 is 0.308 bits per heavy atom. The molecule has 39 heavy (non-hydrogen) atoms. The van der Waals surface area contributed by atoms with Gasteiger partial charge in [-0.15, -0.1) is 0 Å². The Bertz CT molecular complexity index is 1420. The van der Waals surface area contributed by atoms with E-state index in [2.05, 4.69) is 0 Å².